The van der Waals surface area contributed by atoms with E-state index in [0.717, 1.165) is 51.4 Å². The molecule has 7 nitrogen and oxygen atoms in total. The molecule has 0 radical (unpaired) electrons. The maximum atomic E-state index is 15.1. The van der Waals surface area contributed by atoms with Gasteiger partial charge in [-0.15, -0.1) is 0 Å². The number of rotatable bonds is 9. The van der Waals surface area contributed by atoms with Gasteiger partial charge < -0.3 is 10.1 Å². The second-order valence-electron chi connectivity index (χ2n) is 9.67. The number of benzene rings is 1. The Hall–Kier alpha value is -2.90. The minimum absolute atomic E-state index is 0.00792. The molecule has 1 aromatic carbocycles. The van der Waals surface area contributed by atoms with Gasteiger partial charge >= 0.3 is 11.7 Å². The zero-order valence-corrected chi connectivity index (χ0v) is 20.6. The summed E-state index contributed by atoms with van der Waals surface area (Å²) in [4.78, 5) is 38.3. The van der Waals surface area contributed by atoms with Crippen LogP contribution in [0.5, 0.6) is 0 Å². The number of esters is 1. The maximum Gasteiger partial charge on any atom is 0.331 e. The third-order valence-electron chi connectivity index (χ3n) is 7.21. The number of nitrogens with one attached hydrogen (secondary N) is 1. The van der Waals surface area contributed by atoms with Crippen LogP contribution in [0.25, 0.3) is 10.9 Å². The number of fused-ring (bicyclic) bond motifs is 1. The van der Waals surface area contributed by atoms with Crippen LogP contribution in [-0.4, -0.2) is 27.8 Å². The van der Waals surface area contributed by atoms with E-state index >= 15 is 4.39 Å². The van der Waals surface area contributed by atoms with Crippen LogP contribution in [0.1, 0.15) is 83.6 Å². The van der Waals surface area contributed by atoms with Gasteiger partial charge in [0.2, 0.25) is 0 Å². The maximum absolute atomic E-state index is 15.1. The van der Waals surface area contributed by atoms with E-state index in [1.165, 1.54) is 23.1 Å². The Balaban J connectivity index is 1.66. The van der Waals surface area contributed by atoms with Crippen LogP contribution in [-0.2, 0) is 16.1 Å². The fourth-order valence-corrected chi connectivity index (χ4v) is 5.42. The van der Waals surface area contributed by atoms with Crippen LogP contribution in [0, 0.1) is 5.82 Å². The molecule has 0 amide bonds. The highest BCUT2D eigenvalue weighted by molar-refractivity contribution is 5.82. The first-order chi connectivity index (χ1) is 17.0. The van der Waals surface area contributed by atoms with Gasteiger partial charge in [0.25, 0.3) is 5.56 Å². The van der Waals surface area contributed by atoms with Crippen LogP contribution >= 0.6 is 0 Å². The van der Waals surface area contributed by atoms with Crippen molar-refractivity contribution in [2.75, 3.05) is 11.9 Å². The number of nitrogens with zero attached hydrogens (tertiary/aromatic N) is 2. The average Bonchev–Trinajstić information content (AvgIpc) is 3.37. The predicted molar refractivity (Wildman–Crippen MR) is 135 cm³/mol. The van der Waals surface area contributed by atoms with E-state index in [9.17, 15) is 14.4 Å². The summed E-state index contributed by atoms with van der Waals surface area (Å²) in [5, 5.41) is 3.58. The molecule has 1 heterocycles. The van der Waals surface area contributed by atoms with Gasteiger partial charge in [0, 0.05) is 24.7 Å². The standard InChI is InChI=1S/C27H36FN3O4/c1-2-35-25(32)15-7-4-10-16-30-26(33)21-17-22(28)23(29-19-11-5-3-6-12-19)18-24(21)31(27(30)34)20-13-8-9-14-20/h7,15,17-20,29H,2-6,8-14,16H2,1H3. The molecule has 0 saturated heterocycles. The highest BCUT2D eigenvalue weighted by atomic mass is 19.1. The smallest absolute Gasteiger partial charge is 0.331 e. The molecule has 0 bridgehead atoms. The van der Waals surface area contributed by atoms with Crippen molar-refractivity contribution in [3.05, 3.63) is 50.9 Å². The number of hydrogen-bond acceptors (Lipinski definition) is 5. The van der Waals surface area contributed by atoms with Gasteiger partial charge in [0.05, 0.1) is 23.2 Å². The van der Waals surface area contributed by atoms with Crippen LogP contribution in [0.15, 0.2) is 33.9 Å². The number of ether oxygens (including phenoxy) is 1. The molecule has 0 unspecified atom stereocenters. The molecule has 2 aliphatic carbocycles. The molecule has 2 aliphatic rings. The van der Waals surface area contributed by atoms with Crippen molar-refractivity contribution >= 4 is 22.6 Å². The third kappa shape index (κ3) is 5.85. The zero-order valence-electron chi connectivity index (χ0n) is 20.6. The van der Waals surface area contributed by atoms with Gasteiger partial charge in [-0.25, -0.2) is 14.0 Å². The Labute approximate surface area is 205 Å². The molecule has 2 fully saturated rings. The largest absolute Gasteiger partial charge is 0.463 e. The van der Waals surface area contributed by atoms with Crippen molar-refractivity contribution in [3.63, 3.8) is 0 Å². The van der Waals surface area contributed by atoms with Gasteiger partial charge in [-0.1, -0.05) is 38.2 Å². The number of carbonyl (C=O) groups is 1. The molecular formula is C27H36FN3O4. The summed E-state index contributed by atoms with van der Waals surface area (Å²) in [5.74, 6) is -0.868. The van der Waals surface area contributed by atoms with E-state index in [1.54, 1.807) is 23.6 Å². The van der Waals surface area contributed by atoms with E-state index in [4.69, 9.17) is 4.74 Å². The van der Waals surface area contributed by atoms with Crippen molar-refractivity contribution in [1.82, 2.24) is 9.13 Å². The Kier molecular flexibility index (Phi) is 8.42. The van der Waals surface area contributed by atoms with Crippen molar-refractivity contribution in [1.29, 1.82) is 0 Å². The molecule has 190 valence electrons. The summed E-state index contributed by atoms with van der Waals surface area (Å²) in [5.41, 5.74) is 0.0950. The van der Waals surface area contributed by atoms with Gasteiger partial charge in [-0.3, -0.25) is 13.9 Å². The fourth-order valence-electron chi connectivity index (χ4n) is 5.42. The van der Waals surface area contributed by atoms with Crippen molar-refractivity contribution < 1.29 is 13.9 Å². The number of hydrogen-bond donors (Lipinski definition) is 1. The van der Waals surface area contributed by atoms with Crippen molar-refractivity contribution in [3.8, 4) is 0 Å². The van der Waals surface area contributed by atoms with E-state index in [2.05, 4.69) is 5.32 Å². The lowest BCUT2D eigenvalue weighted by atomic mass is 9.95. The zero-order chi connectivity index (χ0) is 24.8. The number of anilines is 1. The molecule has 1 aromatic heterocycles. The van der Waals surface area contributed by atoms with Gasteiger partial charge in [0.1, 0.15) is 5.82 Å². The highest BCUT2D eigenvalue weighted by Gasteiger charge is 2.25. The summed E-state index contributed by atoms with van der Waals surface area (Å²) >= 11 is 0. The Morgan fingerprint density at radius 2 is 1.83 bits per heavy atom. The average molecular weight is 486 g/mol. The monoisotopic (exact) mass is 485 g/mol. The fraction of sp³-hybridized carbons (Fsp3) is 0.593. The van der Waals surface area contributed by atoms with E-state index in [1.807, 2.05) is 0 Å². The number of allylic oxidation sites excluding steroid dienone is 1. The summed E-state index contributed by atoms with van der Waals surface area (Å²) in [7, 11) is 0. The molecule has 35 heavy (non-hydrogen) atoms. The summed E-state index contributed by atoms with van der Waals surface area (Å²) in [6.07, 6.45) is 13.3. The molecule has 2 aromatic rings. The van der Waals surface area contributed by atoms with Crippen molar-refractivity contribution in [2.24, 2.45) is 0 Å². The lowest BCUT2D eigenvalue weighted by molar-refractivity contribution is -0.137. The molecule has 2 saturated carbocycles. The third-order valence-corrected chi connectivity index (χ3v) is 7.21. The summed E-state index contributed by atoms with van der Waals surface area (Å²) < 4.78 is 22.9. The second kappa shape index (κ2) is 11.7. The van der Waals surface area contributed by atoms with Gasteiger partial charge in [-0.05, 0) is 57.6 Å². The Bertz CT molecular complexity index is 1190. The van der Waals surface area contributed by atoms with Crippen LogP contribution in [0.2, 0.25) is 0 Å². The normalized spacial score (nSPS) is 17.4. The van der Waals surface area contributed by atoms with E-state index in [-0.39, 0.29) is 29.7 Å². The second-order valence-corrected chi connectivity index (χ2v) is 9.67. The molecule has 1 N–H and O–H groups in total. The van der Waals surface area contributed by atoms with Crippen LogP contribution in [0.3, 0.4) is 0 Å². The minimum atomic E-state index is -0.461. The predicted octanol–water partition coefficient (Wildman–Crippen LogP) is 5.06. The SMILES string of the molecule is CCOC(=O)C=CCCCn1c(=O)c2cc(F)c(NC3CCCCC3)cc2n(C2CCCC2)c1=O. The van der Waals surface area contributed by atoms with E-state index < -0.39 is 17.3 Å². The van der Waals surface area contributed by atoms with Gasteiger partial charge in [0.15, 0.2) is 0 Å². The van der Waals surface area contributed by atoms with Crippen molar-refractivity contribution in [2.45, 2.75) is 96.2 Å². The number of unbranched alkanes of at least 4 members (excludes halogenated alkanes) is 1. The van der Waals surface area contributed by atoms with E-state index in [0.29, 0.717) is 30.7 Å². The summed E-state index contributed by atoms with van der Waals surface area (Å²) in [6, 6.07) is 3.19. The first kappa shape index (κ1) is 25.2. The van der Waals surface area contributed by atoms with Gasteiger partial charge in [-0.2, -0.15) is 0 Å². The first-order valence-corrected chi connectivity index (χ1v) is 13.1. The highest BCUT2D eigenvalue weighted by Crippen LogP contribution is 2.32. The molecule has 8 heteroatoms. The molecular weight excluding hydrogens is 449 g/mol. The number of halogens is 1. The minimum Gasteiger partial charge on any atom is -0.463 e. The topological polar surface area (TPSA) is 82.3 Å². The number of aromatic nitrogens is 2. The van der Waals surface area contributed by atoms with Crippen LogP contribution in [0.4, 0.5) is 10.1 Å². The van der Waals surface area contributed by atoms with Crippen LogP contribution < -0.4 is 16.6 Å². The lowest BCUT2D eigenvalue weighted by Crippen LogP contribution is -2.41. The molecule has 0 atom stereocenters. The molecule has 4 rings (SSSR count). The Morgan fingerprint density at radius 3 is 2.54 bits per heavy atom. The quantitative estimate of drug-likeness (QED) is 0.305. The summed E-state index contributed by atoms with van der Waals surface area (Å²) in [6.45, 7) is 2.26. The Morgan fingerprint density at radius 1 is 1.11 bits per heavy atom. The molecule has 0 spiro atoms. The lowest BCUT2D eigenvalue weighted by Gasteiger charge is -2.25. The molecule has 0 aliphatic heterocycles. The first-order valence-electron chi connectivity index (χ1n) is 13.1. The number of carbonyl (C=O) groups excluding carboxylic acids is 1.